The highest BCUT2D eigenvalue weighted by Crippen LogP contribution is 2.58. The Kier molecular flexibility index (Phi) is 4.49. The Bertz CT molecular complexity index is 603. The molecular weight excluding hydrogens is 300 g/mol. The molecule has 2 N–H and O–H groups in total. The van der Waals surface area contributed by atoms with E-state index in [1.165, 1.54) is 32.1 Å². The molecule has 0 spiro atoms. The van der Waals surface area contributed by atoms with Crippen LogP contribution in [0, 0.1) is 23.7 Å². The lowest BCUT2D eigenvalue weighted by Gasteiger charge is -2.32. The lowest BCUT2D eigenvalue weighted by molar-refractivity contribution is 0.183. The molecule has 3 fully saturated rings. The number of methoxy groups -OCH3 is 1. The lowest BCUT2D eigenvalue weighted by Crippen LogP contribution is -2.46. The van der Waals surface area contributed by atoms with Crippen LogP contribution in [0.3, 0.4) is 0 Å². The van der Waals surface area contributed by atoms with Gasteiger partial charge in [0.15, 0.2) is 0 Å². The standard InChI is InChI=1S/C20H28N2O2/c1-24-12-14-6-3-2-5-13(14)11-21-20(23)22-19-10-15-9-18(19)17-8-4-7-16(15)17/h2-3,5-6,15-19H,4,7-12H2,1H3,(H2,21,22,23)/t15-,16-,17-,18+,19-/m1/s1. The summed E-state index contributed by atoms with van der Waals surface area (Å²) < 4.78 is 5.23. The normalized spacial score (nSPS) is 33.5. The van der Waals surface area contributed by atoms with Gasteiger partial charge in [0, 0.05) is 19.7 Å². The van der Waals surface area contributed by atoms with Crippen LogP contribution >= 0.6 is 0 Å². The van der Waals surface area contributed by atoms with E-state index in [-0.39, 0.29) is 6.03 Å². The summed E-state index contributed by atoms with van der Waals surface area (Å²) in [6.45, 7) is 1.13. The predicted octanol–water partition coefficient (Wildman–Crippen LogP) is 3.46. The fourth-order valence-electron chi connectivity index (χ4n) is 5.66. The molecule has 0 heterocycles. The monoisotopic (exact) mass is 328 g/mol. The third kappa shape index (κ3) is 2.92. The summed E-state index contributed by atoms with van der Waals surface area (Å²) in [6.07, 6.45) is 6.76. The van der Waals surface area contributed by atoms with Gasteiger partial charge in [-0.05, 0) is 60.5 Å². The molecule has 1 aromatic carbocycles. The van der Waals surface area contributed by atoms with E-state index in [4.69, 9.17) is 4.74 Å². The van der Waals surface area contributed by atoms with Crippen LogP contribution in [0.5, 0.6) is 0 Å². The Labute approximate surface area is 144 Å². The van der Waals surface area contributed by atoms with Gasteiger partial charge in [-0.2, -0.15) is 0 Å². The van der Waals surface area contributed by atoms with Gasteiger partial charge in [0.1, 0.15) is 0 Å². The van der Waals surface area contributed by atoms with Crippen molar-refractivity contribution < 1.29 is 9.53 Å². The number of hydrogen-bond acceptors (Lipinski definition) is 2. The molecule has 0 aliphatic heterocycles. The smallest absolute Gasteiger partial charge is 0.315 e. The molecule has 4 nitrogen and oxygen atoms in total. The van der Waals surface area contributed by atoms with Crippen molar-refractivity contribution in [3.63, 3.8) is 0 Å². The zero-order chi connectivity index (χ0) is 16.5. The highest BCUT2D eigenvalue weighted by molar-refractivity contribution is 5.74. The molecule has 1 aromatic rings. The van der Waals surface area contributed by atoms with E-state index < -0.39 is 0 Å². The predicted molar refractivity (Wildman–Crippen MR) is 93.4 cm³/mol. The molecule has 2 amide bonds. The van der Waals surface area contributed by atoms with Gasteiger partial charge in [-0.3, -0.25) is 0 Å². The Hall–Kier alpha value is -1.55. The van der Waals surface area contributed by atoms with Crippen LogP contribution in [0.1, 0.15) is 43.2 Å². The van der Waals surface area contributed by atoms with E-state index in [0.29, 0.717) is 19.2 Å². The first kappa shape index (κ1) is 15.9. The highest BCUT2D eigenvalue weighted by atomic mass is 16.5. The second-order valence-corrected chi connectivity index (χ2v) is 7.79. The van der Waals surface area contributed by atoms with Crippen LogP contribution < -0.4 is 10.6 Å². The van der Waals surface area contributed by atoms with Gasteiger partial charge in [-0.1, -0.05) is 30.7 Å². The zero-order valence-electron chi connectivity index (χ0n) is 14.5. The maximum atomic E-state index is 12.4. The fourth-order valence-corrected chi connectivity index (χ4v) is 5.66. The summed E-state index contributed by atoms with van der Waals surface area (Å²) in [6, 6.07) is 8.48. The molecule has 3 aliphatic rings. The van der Waals surface area contributed by atoms with E-state index in [1.807, 2.05) is 12.1 Å². The van der Waals surface area contributed by atoms with Gasteiger partial charge in [0.05, 0.1) is 6.61 Å². The third-order valence-electron chi connectivity index (χ3n) is 6.60. The SMILES string of the molecule is COCc1ccccc1CNC(=O)N[C@@H]1C[C@H]2C[C@H]1[C@@H]1CCC[C@H]21. The number of hydrogen-bond donors (Lipinski definition) is 2. The number of nitrogens with one attached hydrogen (secondary N) is 2. The van der Waals surface area contributed by atoms with Crippen molar-refractivity contribution in [2.45, 2.75) is 51.3 Å². The van der Waals surface area contributed by atoms with Crippen molar-refractivity contribution in [3.8, 4) is 0 Å². The molecule has 3 aliphatic carbocycles. The van der Waals surface area contributed by atoms with Crippen molar-refractivity contribution in [2.24, 2.45) is 23.7 Å². The Morgan fingerprint density at radius 3 is 2.75 bits per heavy atom. The van der Waals surface area contributed by atoms with Gasteiger partial charge in [-0.25, -0.2) is 4.79 Å². The summed E-state index contributed by atoms with van der Waals surface area (Å²) in [5, 5.41) is 6.30. The van der Waals surface area contributed by atoms with Crippen molar-refractivity contribution in [2.75, 3.05) is 7.11 Å². The van der Waals surface area contributed by atoms with Crippen molar-refractivity contribution in [1.29, 1.82) is 0 Å². The maximum absolute atomic E-state index is 12.4. The summed E-state index contributed by atoms with van der Waals surface area (Å²) >= 11 is 0. The van der Waals surface area contributed by atoms with Crippen LogP contribution in [0.2, 0.25) is 0 Å². The molecule has 0 saturated heterocycles. The Morgan fingerprint density at radius 2 is 1.92 bits per heavy atom. The molecule has 5 atom stereocenters. The first-order valence-corrected chi connectivity index (χ1v) is 9.36. The molecule has 3 saturated carbocycles. The average Bonchev–Trinajstić information content (AvgIpc) is 3.27. The van der Waals surface area contributed by atoms with Crippen LogP contribution in [0.15, 0.2) is 24.3 Å². The summed E-state index contributed by atoms with van der Waals surface area (Å²) in [5.41, 5.74) is 2.26. The molecule has 2 bridgehead atoms. The molecule has 130 valence electrons. The lowest BCUT2D eigenvalue weighted by atomic mass is 9.79. The fraction of sp³-hybridized carbons (Fsp3) is 0.650. The van der Waals surface area contributed by atoms with Gasteiger partial charge >= 0.3 is 6.03 Å². The summed E-state index contributed by atoms with van der Waals surface area (Å²) in [5.74, 6) is 3.46. The number of ether oxygens (including phenoxy) is 1. The third-order valence-corrected chi connectivity index (χ3v) is 6.60. The molecule has 4 heteroatoms. The van der Waals surface area contributed by atoms with E-state index in [2.05, 4.69) is 22.8 Å². The van der Waals surface area contributed by atoms with Crippen LogP contribution in [-0.4, -0.2) is 19.2 Å². The topological polar surface area (TPSA) is 50.4 Å². The summed E-state index contributed by atoms with van der Waals surface area (Å²) in [7, 11) is 1.70. The molecular formula is C20H28N2O2. The molecule has 4 rings (SSSR count). The largest absolute Gasteiger partial charge is 0.380 e. The highest BCUT2D eigenvalue weighted by Gasteiger charge is 2.53. The minimum absolute atomic E-state index is 0.0192. The van der Waals surface area contributed by atoms with Gasteiger partial charge in [0.25, 0.3) is 0 Å². The average molecular weight is 328 g/mol. The summed E-state index contributed by atoms with van der Waals surface area (Å²) in [4.78, 5) is 12.4. The van der Waals surface area contributed by atoms with E-state index in [9.17, 15) is 4.79 Å². The second-order valence-electron chi connectivity index (χ2n) is 7.79. The molecule has 0 radical (unpaired) electrons. The minimum Gasteiger partial charge on any atom is -0.380 e. The Morgan fingerprint density at radius 1 is 1.12 bits per heavy atom. The van der Waals surface area contributed by atoms with Gasteiger partial charge in [-0.15, -0.1) is 0 Å². The van der Waals surface area contributed by atoms with Crippen molar-refractivity contribution in [1.82, 2.24) is 10.6 Å². The van der Waals surface area contributed by atoms with E-state index in [1.54, 1.807) is 7.11 Å². The van der Waals surface area contributed by atoms with E-state index in [0.717, 1.165) is 34.8 Å². The molecule has 0 unspecified atom stereocenters. The second kappa shape index (κ2) is 6.75. The number of carbonyl (C=O) groups is 1. The molecule has 24 heavy (non-hydrogen) atoms. The number of amides is 2. The first-order chi connectivity index (χ1) is 11.8. The minimum atomic E-state index is -0.0192. The van der Waals surface area contributed by atoms with Gasteiger partial charge in [0.2, 0.25) is 0 Å². The first-order valence-electron chi connectivity index (χ1n) is 9.36. The maximum Gasteiger partial charge on any atom is 0.315 e. The number of rotatable bonds is 5. The van der Waals surface area contributed by atoms with Crippen LogP contribution in [0.25, 0.3) is 0 Å². The number of urea groups is 1. The van der Waals surface area contributed by atoms with E-state index >= 15 is 0 Å². The quantitative estimate of drug-likeness (QED) is 0.870. The number of carbonyl (C=O) groups excluding carboxylic acids is 1. The number of benzene rings is 1. The van der Waals surface area contributed by atoms with Crippen molar-refractivity contribution in [3.05, 3.63) is 35.4 Å². The van der Waals surface area contributed by atoms with Crippen molar-refractivity contribution >= 4 is 6.03 Å². The Balaban J connectivity index is 1.30. The number of fused-ring (bicyclic) bond motifs is 5. The van der Waals surface area contributed by atoms with Crippen LogP contribution in [-0.2, 0) is 17.9 Å². The molecule has 0 aromatic heterocycles. The van der Waals surface area contributed by atoms with Crippen LogP contribution in [0.4, 0.5) is 4.79 Å². The van der Waals surface area contributed by atoms with Gasteiger partial charge < -0.3 is 15.4 Å². The zero-order valence-corrected chi connectivity index (χ0v) is 14.5.